The second-order valence-corrected chi connectivity index (χ2v) is 2.89. The fraction of sp³-hybridized carbons (Fsp3) is 0.200. The van der Waals surface area contributed by atoms with Crippen LogP contribution in [0.1, 0.15) is 5.56 Å². The topological polar surface area (TPSA) is 61.6 Å². The first-order valence-electron chi connectivity index (χ1n) is 4.47. The molecule has 0 N–H and O–H groups in total. The molecule has 0 saturated heterocycles. The smallest absolute Gasteiger partial charge is 0.387 e. The minimum Gasteiger partial charge on any atom is -0.493 e. The van der Waals surface area contributed by atoms with E-state index in [-0.39, 0.29) is 11.5 Å². The van der Waals surface area contributed by atoms with Crippen LogP contribution >= 0.6 is 0 Å². The Bertz CT molecular complexity index is 434. The maximum absolute atomic E-state index is 12.1. The van der Waals surface area contributed by atoms with Crippen LogP contribution in [0.2, 0.25) is 0 Å². The highest BCUT2D eigenvalue weighted by Crippen LogP contribution is 2.29. The molecule has 0 saturated carbocycles. The molecule has 1 rings (SSSR count). The average molecular weight is 245 g/mol. The van der Waals surface area contributed by atoms with Crippen molar-refractivity contribution in [2.45, 2.75) is 6.61 Å². The van der Waals surface area contributed by atoms with Crippen LogP contribution in [0.15, 0.2) is 24.4 Å². The summed E-state index contributed by atoms with van der Waals surface area (Å²) in [5, 5.41) is 10.1. The predicted octanol–water partition coefficient (Wildman–Crippen LogP) is 2.54. The molecule has 0 aliphatic rings. The third-order valence-electron chi connectivity index (χ3n) is 1.79. The summed E-state index contributed by atoms with van der Waals surface area (Å²) in [7, 11) is 1.31. The lowest BCUT2D eigenvalue weighted by atomic mass is 10.2. The number of methoxy groups -OCH3 is 1. The Balaban J connectivity index is 2.99. The van der Waals surface area contributed by atoms with Crippen molar-refractivity contribution in [3.63, 3.8) is 0 Å². The molecular formula is C10H9F2NO4. The Labute approximate surface area is 95.4 Å². The SMILES string of the molecule is COc1ccc(/C=C/[N+](=O)[O-])cc1OC(F)F. The van der Waals surface area contributed by atoms with Crippen molar-refractivity contribution in [1.82, 2.24) is 0 Å². The summed E-state index contributed by atoms with van der Waals surface area (Å²) in [6.45, 7) is -2.99. The summed E-state index contributed by atoms with van der Waals surface area (Å²) < 4.78 is 33.2. The third-order valence-corrected chi connectivity index (χ3v) is 1.79. The molecule has 92 valence electrons. The molecule has 0 heterocycles. The Hall–Kier alpha value is -2.18. The minimum absolute atomic E-state index is 0.128. The lowest BCUT2D eigenvalue weighted by molar-refractivity contribution is -0.400. The molecule has 1 aromatic rings. The summed E-state index contributed by atoms with van der Waals surface area (Å²) >= 11 is 0. The van der Waals surface area contributed by atoms with Crippen LogP contribution in [0, 0.1) is 10.1 Å². The number of rotatable bonds is 5. The van der Waals surface area contributed by atoms with Gasteiger partial charge in [-0.2, -0.15) is 8.78 Å². The van der Waals surface area contributed by atoms with Crippen LogP contribution < -0.4 is 9.47 Å². The number of hydrogen-bond acceptors (Lipinski definition) is 4. The van der Waals surface area contributed by atoms with Gasteiger partial charge in [0.1, 0.15) is 0 Å². The van der Waals surface area contributed by atoms with Crippen LogP contribution in [-0.2, 0) is 0 Å². The predicted molar refractivity (Wildman–Crippen MR) is 55.7 cm³/mol. The van der Waals surface area contributed by atoms with Crippen LogP contribution in [-0.4, -0.2) is 18.6 Å². The van der Waals surface area contributed by atoms with Gasteiger partial charge in [0.05, 0.1) is 12.0 Å². The van der Waals surface area contributed by atoms with Crippen molar-refractivity contribution in [1.29, 1.82) is 0 Å². The molecule has 7 heteroatoms. The summed E-state index contributed by atoms with van der Waals surface area (Å²) in [6, 6.07) is 4.10. The molecule has 0 aromatic heterocycles. The number of ether oxygens (including phenoxy) is 2. The highest BCUT2D eigenvalue weighted by molar-refractivity contribution is 5.55. The number of halogens is 2. The lowest BCUT2D eigenvalue weighted by Gasteiger charge is -2.09. The molecule has 0 bridgehead atoms. The average Bonchev–Trinajstić information content (AvgIpc) is 2.25. The lowest BCUT2D eigenvalue weighted by Crippen LogP contribution is -2.03. The summed E-state index contributed by atoms with van der Waals surface area (Å²) in [4.78, 5) is 9.45. The van der Waals surface area contributed by atoms with E-state index in [0.29, 0.717) is 11.8 Å². The molecule has 0 unspecified atom stereocenters. The third kappa shape index (κ3) is 4.06. The quantitative estimate of drug-likeness (QED) is 0.590. The molecule has 0 radical (unpaired) electrons. The summed E-state index contributed by atoms with van der Waals surface area (Å²) in [6.07, 6.45) is 1.87. The van der Waals surface area contributed by atoms with E-state index in [9.17, 15) is 18.9 Å². The van der Waals surface area contributed by atoms with Gasteiger partial charge in [0.15, 0.2) is 11.5 Å². The molecule has 0 amide bonds. The van der Waals surface area contributed by atoms with Crippen molar-refractivity contribution in [3.05, 3.63) is 40.1 Å². The van der Waals surface area contributed by atoms with Gasteiger partial charge >= 0.3 is 6.61 Å². The Morgan fingerprint density at radius 1 is 1.41 bits per heavy atom. The van der Waals surface area contributed by atoms with Crippen LogP contribution in [0.25, 0.3) is 6.08 Å². The number of nitrogens with zero attached hydrogens (tertiary/aromatic N) is 1. The van der Waals surface area contributed by atoms with Crippen molar-refractivity contribution >= 4 is 6.08 Å². The molecule has 17 heavy (non-hydrogen) atoms. The zero-order valence-electron chi connectivity index (χ0n) is 8.80. The number of hydrogen-bond donors (Lipinski definition) is 0. The van der Waals surface area contributed by atoms with Gasteiger partial charge in [-0.25, -0.2) is 0 Å². The van der Waals surface area contributed by atoms with Crippen molar-refractivity contribution in [2.75, 3.05) is 7.11 Å². The molecule has 0 aliphatic carbocycles. The Kier molecular flexibility index (Phi) is 4.38. The highest BCUT2D eigenvalue weighted by Gasteiger charge is 2.10. The van der Waals surface area contributed by atoms with Crippen molar-refractivity contribution < 1.29 is 23.2 Å². The minimum atomic E-state index is -2.99. The monoisotopic (exact) mass is 245 g/mol. The Morgan fingerprint density at radius 2 is 2.12 bits per heavy atom. The van der Waals surface area contributed by atoms with E-state index in [1.807, 2.05) is 0 Å². The second-order valence-electron chi connectivity index (χ2n) is 2.89. The first-order valence-corrected chi connectivity index (χ1v) is 4.47. The van der Waals surface area contributed by atoms with E-state index in [0.717, 1.165) is 6.08 Å². The van der Waals surface area contributed by atoms with Crippen LogP contribution in [0.3, 0.4) is 0 Å². The fourth-order valence-corrected chi connectivity index (χ4v) is 1.13. The van der Waals surface area contributed by atoms with E-state index in [1.165, 1.54) is 25.3 Å². The maximum Gasteiger partial charge on any atom is 0.387 e. The zero-order valence-corrected chi connectivity index (χ0v) is 8.80. The van der Waals surface area contributed by atoms with Crippen LogP contribution in [0.5, 0.6) is 11.5 Å². The van der Waals surface area contributed by atoms with Gasteiger partial charge in [0.2, 0.25) is 6.20 Å². The second kappa shape index (κ2) is 5.78. The van der Waals surface area contributed by atoms with Crippen LogP contribution in [0.4, 0.5) is 8.78 Å². The molecule has 0 spiro atoms. The number of alkyl halides is 2. The van der Waals surface area contributed by atoms with Crippen molar-refractivity contribution in [3.8, 4) is 11.5 Å². The van der Waals surface area contributed by atoms with E-state index in [2.05, 4.69) is 4.74 Å². The molecule has 0 atom stereocenters. The first-order chi connectivity index (χ1) is 8.02. The molecule has 5 nitrogen and oxygen atoms in total. The zero-order chi connectivity index (χ0) is 12.8. The standard InChI is InChI=1S/C10H9F2NO4/c1-16-8-3-2-7(4-5-13(14)15)6-9(8)17-10(11)12/h2-6,10H,1H3/b5-4+. The molecular weight excluding hydrogens is 236 g/mol. The van der Waals surface area contributed by atoms with Gasteiger partial charge in [-0.15, -0.1) is 0 Å². The maximum atomic E-state index is 12.1. The van der Waals surface area contributed by atoms with Gasteiger partial charge in [-0.05, 0) is 17.7 Å². The number of nitro groups is 1. The van der Waals surface area contributed by atoms with Gasteiger partial charge < -0.3 is 9.47 Å². The van der Waals surface area contributed by atoms with Gasteiger partial charge in [-0.3, -0.25) is 10.1 Å². The first kappa shape index (κ1) is 12.9. The highest BCUT2D eigenvalue weighted by atomic mass is 19.3. The van der Waals surface area contributed by atoms with Gasteiger partial charge in [0.25, 0.3) is 0 Å². The van der Waals surface area contributed by atoms with E-state index >= 15 is 0 Å². The Morgan fingerprint density at radius 3 is 2.65 bits per heavy atom. The molecule has 1 aromatic carbocycles. The largest absolute Gasteiger partial charge is 0.493 e. The van der Waals surface area contributed by atoms with E-state index in [4.69, 9.17) is 4.74 Å². The van der Waals surface area contributed by atoms with Gasteiger partial charge in [0, 0.05) is 6.08 Å². The normalized spacial score (nSPS) is 10.8. The van der Waals surface area contributed by atoms with Crippen molar-refractivity contribution in [2.24, 2.45) is 0 Å². The van der Waals surface area contributed by atoms with E-state index < -0.39 is 11.5 Å². The molecule has 0 aliphatic heterocycles. The summed E-state index contributed by atoms with van der Waals surface area (Å²) in [5.74, 6) is -0.0449. The summed E-state index contributed by atoms with van der Waals surface area (Å²) in [5.41, 5.74) is 0.359. The molecule has 0 fully saturated rings. The van der Waals surface area contributed by atoms with Gasteiger partial charge in [-0.1, -0.05) is 6.07 Å². The number of benzene rings is 1. The van der Waals surface area contributed by atoms with E-state index in [1.54, 1.807) is 0 Å². The fourth-order valence-electron chi connectivity index (χ4n) is 1.13.